The van der Waals surface area contributed by atoms with E-state index in [4.69, 9.17) is 17.0 Å². The first-order chi connectivity index (χ1) is 11.3. The standard InChI is InChI=1S/C17H24N4OS/c23-17(18-6-3-7-21-8-10-22-11-9-21)20-19-16-12-14-4-1-2-5-15(14)13-16/h1-2,4-5H,3,6-13H2,(H2,18,20,23)/p+1. The second kappa shape index (κ2) is 8.38. The molecular weight excluding hydrogens is 308 g/mol. The van der Waals surface area contributed by atoms with Crippen molar-refractivity contribution in [3.05, 3.63) is 35.4 Å². The van der Waals surface area contributed by atoms with Crippen LogP contribution >= 0.6 is 12.2 Å². The molecule has 2 aliphatic rings. The number of morpholine rings is 1. The third kappa shape index (κ3) is 4.99. The van der Waals surface area contributed by atoms with E-state index >= 15 is 0 Å². The van der Waals surface area contributed by atoms with E-state index in [9.17, 15) is 0 Å². The summed E-state index contributed by atoms with van der Waals surface area (Å²) in [4.78, 5) is 1.63. The van der Waals surface area contributed by atoms with Gasteiger partial charge in [-0.25, -0.2) is 0 Å². The molecule has 1 aliphatic carbocycles. The molecule has 0 radical (unpaired) electrons. The van der Waals surface area contributed by atoms with Gasteiger partial charge in [0.25, 0.3) is 0 Å². The van der Waals surface area contributed by atoms with Gasteiger partial charge in [-0.2, -0.15) is 5.10 Å². The van der Waals surface area contributed by atoms with Gasteiger partial charge in [-0.1, -0.05) is 24.3 Å². The van der Waals surface area contributed by atoms with Gasteiger partial charge in [0.05, 0.1) is 19.8 Å². The predicted octanol–water partition coefficient (Wildman–Crippen LogP) is -0.0895. The zero-order valence-electron chi connectivity index (χ0n) is 13.4. The van der Waals surface area contributed by atoms with Crippen molar-refractivity contribution in [3.8, 4) is 0 Å². The van der Waals surface area contributed by atoms with Crippen LogP contribution in [0.1, 0.15) is 17.5 Å². The van der Waals surface area contributed by atoms with Gasteiger partial charge in [0.15, 0.2) is 5.11 Å². The first-order valence-corrected chi connectivity index (χ1v) is 8.79. The molecule has 0 amide bonds. The maximum atomic E-state index is 5.37. The van der Waals surface area contributed by atoms with Gasteiger partial charge in [0.2, 0.25) is 0 Å². The number of hydrogen-bond donors (Lipinski definition) is 3. The topological polar surface area (TPSA) is 50.1 Å². The minimum Gasteiger partial charge on any atom is -0.370 e. The molecule has 1 saturated heterocycles. The average Bonchev–Trinajstić information content (AvgIpc) is 3.01. The third-order valence-electron chi connectivity index (χ3n) is 4.42. The number of nitrogens with zero attached hydrogens (tertiary/aromatic N) is 1. The third-order valence-corrected chi connectivity index (χ3v) is 4.65. The molecule has 0 aromatic heterocycles. The van der Waals surface area contributed by atoms with Crippen LogP contribution in [0.15, 0.2) is 29.4 Å². The molecule has 0 atom stereocenters. The van der Waals surface area contributed by atoms with Crippen molar-refractivity contribution in [2.24, 2.45) is 5.10 Å². The molecule has 1 heterocycles. The lowest BCUT2D eigenvalue weighted by Gasteiger charge is -2.23. The van der Waals surface area contributed by atoms with Gasteiger partial charge < -0.3 is 15.0 Å². The number of hydrazone groups is 1. The van der Waals surface area contributed by atoms with Gasteiger partial charge in [-0.05, 0) is 23.3 Å². The normalized spacial score (nSPS) is 17.7. The molecule has 3 N–H and O–H groups in total. The number of ether oxygens (including phenoxy) is 1. The van der Waals surface area contributed by atoms with Crippen molar-refractivity contribution in [3.63, 3.8) is 0 Å². The molecule has 1 aromatic rings. The van der Waals surface area contributed by atoms with Crippen LogP contribution in [0.5, 0.6) is 0 Å². The molecule has 1 aliphatic heterocycles. The Morgan fingerprint density at radius 3 is 2.57 bits per heavy atom. The summed E-state index contributed by atoms with van der Waals surface area (Å²) < 4.78 is 5.37. The minimum absolute atomic E-state index is 0.616. The van der Waals surface area contributed by atoms with Gasteiger partial charge in [-0.3, -0.25) is 5.43 Å². The van der Waals surface area contributed by atoms with Crippen LogP contribution < -0.4 is 15.6 Å². The molecule has 1 fully saturated rings. The van der Waals surface area contributed by atoms with Crippen molar-refractivity contribution in [1.82, 2.24) is 10.7 Å². The monoisotopic (exact) mass is 333 g/mol. The van der Waals surface area contributed by atoms with E-state index in [0.717, 1.165) is 57.8 Å². The Hall–Kier alpha value is -1.50. The van der Waals surface area contributed by atoms with Crippen LogP contribution in [0.4, 0.5) is 0 Å². The number of benzene rings is 1. The van der Waals surface area contributed by atoms with Crippen LogP contribution in [-0.4, -0.2) is 50.2 Å². The Labute approximate surface area is 143 Å². The van der Waals surface area contributed by atoms with E-state index < -0.39 is 0 Å². The van der Waals surface area contributed by atoms with E-state index in [1.807, 2.05) is 0 Å². The molecule has 3 rings (SSSR count). The SMILES string of the molecule is S=C(NCCC[NH+]1CCOCC1)NN=C1Cc2ccccc2C1. The number of nitrogens with one attached hydrogen (secondary N) is 3. The average molecular weight is 333 g/mol. The van der Waals surface area contributed by atoms with Gasteiger partial charge in [0, 0.05) is 31.5 Å². The van der Waals surface area contributed by atoms with Crippen molar-refractivity contribution < 1.29 is 9.64 Å². The molecule has 1 aromatic carbocycles. The van der Waals surface area contributed by atoms with Gasteiger partial charge in [0.1, 0.15) is 13.1 Å². The molecule has 5 nitrogen and oxygen atoms in total. The largest absolute Gasteiger partial charge is 0.370 e. The van der Waals surface area contributed by atoms with E-state index in [0.29, 0.717) is 5.11 Å². The lowest BCUT2D eigenvalue weighted by atomic mass is 10.1. The molecule has 124 valence electrons. The zero-order chi connectivity index (χ0) is 15.9. The quantitative estimate of drug-likeness (QED) is 0.401. The lowest BCUT2D eigenvalue weighted by molar-refractivity contribution is -0.908. The van der Waals surface area contributed by atoms with Crippen molar-refractivity contribution >= 4 is 23.0 Å². The Morgan fingerprint density at radius 1 is 1.17 bits per heavy atom. The van der Waals surface area contributed by atoms with Crippen LogP contribution in [0.2, 0.25) is 0 Å². The number of thiocarbonyl (C=S) groups is 1. The maximum Gasteiger partial charge on any atom is 0.186 e. The summed E-state index contributed by atoms with van der Waals surface area (Å²) in [5.74, 6) is 0. The molecule has 0 unspecified atom stereocenters. The second-order valence-corrected chi connectivity index (χ2v) is 6.54. The fraction of sp³-hybridized carbons (Fsp3) is 0.529. The van der Waals surface area contributed by atoms with E-state index in [1.54, 1.807) is 4.90 Å². The number of rotatable bonds is 5. The summed E-state index contributed by atoms with van der Waals surface area (Å²) in [5, 5.41) is 8.30. The summed E-state index contributed by atoms with van der Waals surface area (Å²) >= 11 is 5.29. The van der Waals surface area contributed by atoms with Crippen LogP contribution in [0, 0.1) is 0 Å². The molecule has 0 saturated carbocycles. The summed E-state index contributed by atoms with van der Waals surface area (Å²) in [7, 11) is 0. The van der Waals surface area contributed by atoms with E-state index in [1.165, 1.54) is 17.7 Å². The Bertz CT molecular complexity index is 542. The zero-order valence-corrected chi connectivity index (χ0v) is 14.3. The van der Waals surface area contributed by atoms with Gasteiger partial charge >= 0.3 is 0 Å². The van der Waals surface area contributed by atoms with Gasteiger partial charge in [-0.15, -0.1) is 0 Å². The summed E-state index contributed by atoms with van der Waals surface area (Å²) in [6.45, 7) is 6.09. The van der Waals surface area contributed by atoms with Crippen LogP contribution in [-0.2, 0) is 17.6 Å². The Balaban J connectivity index is 1.32. The number of hydrogen-bond acceptors (Lipinski definition) is 3. The van der Waals surface area contributed by atoms with Crippen LogP contribution in [0.25, 0.3) is 0 Å². The fourth-order valence-corrected chi connectivity index (χ4v) is 3.25. The summed E-state index contributed by atoms with van der Waals surface area (Å²) in [5.41, 5.74) is 6.88. The molecule has 0 bridgehead atoms. The molecule has 6 heteroatoms. The van der Waals surface area contributed by atoms with E-state index in [-0.39, 0.29) is 0 Å². The summed E-state index contributed by atoms with van der Waals surface area (Å²) in [6, 6.07) is 8.50. The summed E-state index contributed by atoms with van der Waals surface area (Å²) in [6.07, 6.45) is 2.96. The highest BCUT2D eigenvalue weighted by Gasteiger charge is 2.16. The maximum absolute atomic E-state index is 5.37. The Kier molecular flexibility index (Phi) is 5.96. The predicted molar refractivity (Wildman–Crippen MR) is 96.0 cm³/mol. The fourth-order valence-electron chi connectivity index (χ4n) is 3.10. The van der Waals surface area contributed by atoms with Crippen LogP contribution in [0.3, 0.4) is 0 Å². The first kappa shape index (κ1) is 16.4. The molecular formula is C17H25N4OS+. The Morgan fingerprint density at radius 2 is 1.87 bits per heavy atom. The lowest BCUT2D eigenvalue weighted by Crippen LogP contribution is -3.14. The number of quaternary nitrogens is 1. The van der Waals surface area contributed by atoms with E-state index in [2.05, 4.69) is 40.1 Å². The highest BCUT2D eigenvalue weighted by molar-refractivity contribution is 7.80. The number of fused-ring (bicyclic) bond motifs is 1. The second-order valence-electron chi connectivity index (χ2n) is 6.13. The first-order valence-electron chi connectivity index (χ1n) is 8.38. The van der Waals surface area contributed by atoms with Crippen molar-refractivity contribution in [2.45, 2.75) is 19.3 Å². The molecule has 23 heavy (non-hydrogen) atoms. The van der Waals surface area contributed by atoms with Crippen molar-refractivity contribution in [2.75, 3.05) is 39.4 Å². The highest BCUT2D eigenvalue weighted by Crippen LogP contribution is 2.19. The minimum atomic E-state index is 0.616. The molecule has 0 spiro atoms. The smallest absolute Gasteiger partial charge is 0.186 e. The highest BCUT2D eigenvalue weighted by atomic mass is 32.1. The van der Waals surface area contributed by atoms with Crippen molar-refractivity contribution in [1.29, 1.82) is 0 Å².